The minimum Gasteiger partial charge on any atom is -0.481 e. The first kappa shape index (κ1) is 12.9. The van der Waals surface area contributed by atoms with Gasteiger partial charge in [0.05, 0.1) is 6.42 Å². The third-order valence-electron chi connectivity index (χ3n) is 5.39. The minimum absolute atomic E-state index is 0.179. The molecule has 0 unspecified atom stereocenters. The van der Waals surface area contributed by atoms with Crippen LogP contribution in [0.3, 0.4) is 0 Å². The van der Waals surface area contributed by atoms with Crippen molar-refractivity contribution in [2.24, 2.45) is 10.8 Å². The van der Waals surface area contributed by atoms with Gasteiger partial charge in [-0.05, 0) is 55.8 Å². The molecule has 3 rings (SSSR count). The van der Waals surface area contributed by atoms with Crippen LogP contribution in [0.15, 0.2) is 0 Å². The molecule has 0 atom stereocenters. The lowest BCUT2D eigenvalue weighted by atomic mass is 9.52. The molecule has 0 spiro atoms. The average molecular weight is 238 g/mol. The van der Waals surface area contributed by atoms with Gasteiger partial charge in [0.1, 0.15) is 0 Å². The van der Waals surface area contributed by atoms with E-state index in [0.29, 0.717) is 11.8 Å². The van der Waals surface area contributed by atoms with Crippen LogP contribution >= 0.6 is 0 Å². The summed E-state index contributed by atoms with van der Waals surface area (Å²) in [5.41, 5.74) is 0.785. The first-order chi connectivity index (χ1) is 8.10. The summed E-state index contributed by atoms with van der Waals surface area (Å²) in [6.45, 7) is 2.26. The van der Waals surface area contributed by atoms with Crippen LogP contribution in [-0.4, -0.2) is 11.1 Å². The summed E-state index contributed by atoms with van der Waals surface area (Å²) >= 11 is 0. The molecule has 0 aromatic carbocycles. The monoisotopic (exact) mass is 238 g/mol. The van der Waals surface area contributed by atoms with Gasteiger partial charge in [-0.25, -0.2) is 0 Å². The van der Waals surface area contributed by atoms with E-state index in [9.17, 15) is 4.79 Å². The van der Waals surface area contributed by atoms with E-state index < -0.39 is 5.97 Å². The van der Waals surface area contributed by atoms with Crippen LogP contribution in [0.2, 0.25) is 0 Å². The fourth-order valence-electron chi connectivity index (χ4n) is 4.05. The second kappa shape index (κ2) is 4.99. The SMILES string of the molecule is CCCCCC12CCC(CC(=O)O)(CC1)CC2. The maximum absolute atomic E-state index is 10.9. The molecule has 0 aromatic heterocycles. The lowest BCUT2D eigenvalue weighted by Gasteiger charge is -2.53. The van der Waals surface area contributed by atoms with E-state index in [1.165, 1.54) is 64.2 Å². The molecule has 1 N–H and O–H groups in total. The van der Waals surface area contributed by atoms with Crippen molar-refractivity contribution in [3.05, 3.63) is 0 Å². The van der Waals surface area contributed by atoms with Gasteiger partial charge in [0.25, 0.3) is 0 Å². The number of hydrogen-bond acceptors (Lipinski definition) is 1. The molecule has 0 aromatic rings. The number of fused-ring (bicyclic) bond motifs is 3. The van der Waals surface area contributed by atoms with Crippen LogP contribution in [0.25, 0.3) is 0 Å². The highest BCUT2D eigenvalue weighted by Crippen LogP contribution is 2.60. The Balaban J connectivity index is 1.88. The van der Waals surface area contributed by atoms with E-state index in [2.05, 4.69) is 6.92 Å². The molecule has 3 saturated carbocycles. The minimum atomic E-state index is -0.592. The van der Waals surface area contributed by atoms with Crippen LogP contribution in [0.4, 0.5) is 0 Å². The Hall–Kier alpha value is -0.530. The molecular weight excluding hydrogens is 212 g/mol. The Morgan fingerprint density at radius 3 is 2.00 bits per heavy atom. The molecule has 2 bridgehead atoms. The van der Waals surface area contributed by atoms with Crippen LogP contribution in [0.1, 0.15) is 77.6 Å². The molecule has 3 aliphatic carbocycles. The Bertz CT molecular complexity index is 258. The van der Waals surface area contributed by atoms with E-state index in [0.717, 1.165) is 0 Å². The summed E-state index contributed by atoms with van der Waals surface area (Å²) in [7, 11) is 0. The van der Waals surface area contributed by atoms with Crippen molar-refractivity contribution in [2.75, 3.05) is 0 Å². The van der Waals surface area contributed by atoms with Gasteiger partial charge in [-0.2, -0.15) is 0 Å². The molecule has 0 heterocycles. The smallest absolute Gasteiger partial charge is 0.303 e. The van der Waals surface area contributed by atoms with E-state index in [4.69, 9.17) is 5.11 Å². The fourth-order valence-corrected chi connectivity index (χ4v) is 4.05. The van der Waals surface area contributed by atoms with Crippen molar-refractivity contribution in [3.8, 4) is 0 Å². The highest BCUT2D eigenvalue weighted by molar-refractivity contribution is 5.67. The van der Waals surface area contributed by atoms with Gasteiger partial charge in [0.2, 0.25) is 0 Å². The van der Waals surface area contributed by atoms with Crippen molar-refractivity contribution in [1.82, 2.24) is 0 Å². The van der Waals surface area contributed by atoms with E-state index in [1.54, 1.807) is 0 Å². The Morgan fingerprint density at radius 2 is 1.53 bits per heavy atom. The van der Waals surface area contributed by atoms with Gasteiger partial charge in [-0.1, -0.05) is 26.2 Å². The van der Waals surface area contributed by atoms with Gasteiger partial charge in [-0.15, -0.1) is 0 Å². The molecule has 0 saturated heterocycles. The number of hydrogen-bond donors (Lipinski definition) is 1. The maximum atomic E-state index is 10.9. The molecule has 98 valence electrons. The molecule has 0 amide bonds. The number of unbranched alkanes of at least 4 members (excludes halogenated alkanes) is 2. The largest absolute Gasteiger partial charge is 0.481 e. The van der Waals surface area contributed by atoms with Crippen LogP contribution in [-0.2, 0) is 4.79 Å². The Kier molecular flexibility index (Phi) is 3.79. The summed E-state index contributed by atoms with van der Waals surface area (Å²) in [5.74, 6) is -0.592. The standard InChI is InChI=1S/C15H26O2/c1-2-3-4-5-14-6-9-15(10-7-14,11-8-14)12-13(16)17/h2-12H2,1H3,(H,16,17). The zero-order valence-corrected chi connectivity index (χ0v) is 11.1. The van der Waals surface area contributed by atoms with Crippen molar-refractivity contribution in [2.45, 2.75) is 77.6 Å². The van der Waals surface area contributed by atoms with E-state index >= 15 is 0 Å². The van der Waals surface area contributed by atoms with Crippen molar-refractivity contribution >= 4 is 5.97 Å². The summed E-state index contributed by atoms with van der Waals surface area (Å²) in [4.78, 5) is 10.9. The predicted molar refractivity (Wildman–Crippen MR) is 69.0 cm³/mol. The number of carbonyl (C=O) groups is 1. The third-order valence-corrected chi connectivity index (χ3v) is 5.39. The molecule has 2 heteroatoms. The lowest BCUT2D eigenvalue weighted by molar-refractivity contribution is -0.143. The van der Waals surface area contributed by atoms with Crippen molar-refractivity contribution in [3.63, 3.8) is 0 Å². The highest BCUT2D eigenvalue weighted by Gasteiger charge is 2.48. The topological polar surface area (TPSA) is 37.3 Å². The second-order valence-corrected chi connectivity index (χ2v) is 6.53. The van der Waals surface area contributed by atoms with Crippen LogP contribution < -0.4 is 0 Å². The average Bonchev–Trinajstić information content (AvgIpc) is 2.31. The summed E-state index contributed by atoms with van der Waals surface area (Å²) in [6.07, 6.45) is 13.3. The van der Waals surface area contributed by atoms with Gasteiger partial charge in [-0.3, -0.25) is 4.79 Å². The van der Waals surface area contributed by atoms with Gasteiger partial charge >= 0.3 is 5.97 Å². The molecule has 3 aliphatic rings. The first-order valence-corrected chi connectivity index (χ1v) is 7.32. The number of rotatable bonds is 6. The summed E-state index contributed by atoms with van der Waals surface area (Å²) in [5, 5.41) is 9.02. The number of carboxylic acids is 1. The fraction of sp³-hybridized carbons (Fsp3) is 0.933. The second-order valence-electron chi connectivity index (χ2n) is 6.53. The number of aliphatic carboxylic acids is 1. The third kappa shape index (κ3) is 2.83. The Labute approximate surface area is 105 Å². The lowest BCUT2D eigenvalue weighted by Crippen LogP contribution is -2.42. The summed E-state index contributed by atoms with van der Waals surface area (Å²) < 4.78 is 0. The van der Waals surface area contributed by atoms with Gasteiger partial charge in [0.15, 0.2) is 0 Å². The van der Waals surface area contributed by atoms with Crippen molar-refractivity contribution < 1.29 is 9.90 Å². The van der Waals surface area contributed by atoms with Gasteiger partial charge < -0.3 is 5.11 Å². The van der Waals surface area contributed by atoms with Crippen molar-refractivity contribution in [1.29, 1.82) is 0 Å². The maximum Gasteiger partial charge on any atom is 0.303 e. The predicted octanol–water partition coefficient (Wildman–Crippen LogP) is 4.38. The molecule has 2 nitrogen and oxygen atoms in total. The first-order valence-electron chi connectivity index (χ1n) is 7.32. The molecule has 17 heavy (non-hydrogen) atoms. The zero-order valence-electron chi connectivity index (χ0n) is 11.1. The number of carboxylic acid groups (broad SMARTS) is 1. The molecule has 0 aliphatic heterocycles. The van der Waals surface area contributed by atoms with Gasteiger partial charge in [0, 0.05) is 0 Å². The van der Waals surface area contributed by atoms with Crippen LogP contribution in [0, 0.1) is 10.8 Å². The van der Waals surface area contributed by atoms with E-state index in [-0.39, 0.29) is 5.41 Å². The van der Waals surface area contributed by atoms with E-state index in [1.807, 2.05) is 0 Å². The zero-order chi connectivity index (χ0) is 12.4. The highest BCUT2D eigenvalue weighted by atomic mass is 16.4. The molecule has 3 fully saturated rings. The Morgan fingerprint density at radius 1 is 1.00 bits per heavy atom. The quantitative estimate of drug-likeness (QED) is 0.697. The molecular formula is C15H26O2. The summed E-state index contributed by atoms with van der Waals surface area (Å²) in [6, 6.07) is 0. The van der Waals surface area contributed by atoms with Crippen LogP contribution in [0.5, 0.6) is 0 Å². The normalized spacial score (nSPS) is 36.1. The molecule has 0 radical (unpaired) electrons.